The van der Waals surface area contributed by atoms with Gasteiger partial charge >= 0.3 is 0 Å². The summed E-state index contributed by atoms with van der Waals surface area (Å²) in [6.07, 6.45) is 2.02. The van der Waals surface area contributed by atoms with E-state index in [9.17, 15) is 17.6 Å². The first-order valence-electron chi connectivity index (χ1n) is 10.4. The number of anilines is 1. The fourth-order valence-electron chi connectivity index (χ4n) is 3.37. The molecule has 1 amide bonds. The molecule has 0 saturated carbocycles. The second kappa shape index (κ2) is 9.96. The minimum absolute atomic E-state index is 0.137. The maximum Gasteiger partial charge on any atom is 0.251 e. The van der Waals surface area contributed by atoms with Crippen molar-refractivity contribution in [1.29, 1.82) is 0 Å². The van der Waals surface area contributed by atoms with Gasteiger partial charge in [0.2, 0.25) is 10.0 Å². The van der Waals surface area contributed by atoms with E-state index >= 15 is 0 Å². The maximum atomic E-state index is 14.1. The second-order valence-corrected chi connectivity index (χ2v) is 9.61. The molecule has 0 bridgehead atoms. The van der Waals surface area contributed by atoms with Gasteiger partial charge in [0, 0.05) is 11.1 Å². The molecule has 0 aliphatic carbocycles. The fourth-order valence-corrected chi connectivity index (χ4v) is 4.24. The lowest BCUT2D eigenvalue weighted by Crippen LogP contribution is -2.30. The molecule has 3 aromatic carbocycles. The molecule has 1 N–H and O–H groups in total. The van der Waals surface area contributed by atoms with Gasteiger partial charge in [-0.15, -0.1) is 0 Å². The van der Waals surface area contributed by atoms with E-state index in [1.54, 1.807) is 42.5 Å². The number of sulfonamides is 1. The van der Waals surface area contributed by atoms with Crippen LogP contribution >= 0.6 is 0 Å². The number of carbonyl (C=O) groups excluding carboxylic acids is 1. The van der Waals surface area contributed by atoms with Crippen LogP contribution in [0.2, 0.25) is 0 Å². The number of nitrogens with zero attached hydrogens (tertiary/aromatic N) is 1. The second-order valence-electron chi connectivity index (χ2n) is 7.70. The Morgan fingerprint density at radius 2 is 1.62 bits per heavy atom. The molecule has 0 heterocycles. The Kier molecular flexibility index (Phi) is 7.30. The number of nitrogens with one attached hydrogen (secondary N) is 1. The van der Waals surface area contributed by atoms with Crippen LogP contribution in [0.1, 0.15) is 46.9 Å². The van der Waals surface area contributed by atoms with Crippen molar-refractivity contribution in [3.8, 4) is 0 Å². The number of hydrogen-bond donors (Lipinski definition) is 1. The van der Waals surface area contributed by atoms with Gasteiger partial charge in [-0.25, -0.2) is 12.8 Å². The third-order valence-corrected chi connectivity index (χ3v) is 6.47. The number of hydrogen-bond acceptors (Lipinski definition) is 3. The van der Waals surface area contributed by atoms with E-state index in [4.69, 9.17) is 0 Å². The third kappa shape index (κ3) is 5.73. The summed E-state index contributed by atoms with van der Waals surface area (Å²) < 4.78 is 39.8. The van der Waals surface area contributed by atoms with Gasteiger partial charge in [-0.1, -0.05) is 49.4 Å². The van der Waals surface area contributed by atoms with Crippen LogP contribution in [0.15, 0.2) is 72.8 Å². The molecule has 0 fully saturated rings. The Hall–Kier alpha value is -3.19. The van der Waals surface area contributed by atoms with Crippen molar-refractivity contribution < 1.29 is 17.6 Å². The van der Waals surface area contributed by atoms with E-state index in [2.05, 4.69) is 12.2 Å². The van der Waals surface area contributed by atoms with Crippen LogP contribution in [-0.2, 0) is 23.0 Å². The average molecular weight is 455 g/mol. The SMILES string of the molecule is CCc1ccc(C(C)NC(=O)c2ccc(N(Cc3ccccc3F)S(C)(=O)=O)cc2)cc1. The summed E-state index contributed by atoms with van der Waals surface area (Å²) in [5, 5.41) is 2.96. The van der Waals surface area contributed by atoms with Gasteiger partial charge in [0.1, 0.15) is 5.82 Å². The molecule has 3 rings (SSSR count). The molecule has 7 heteroatoms. The summed E-state index contributed by atoms with van der Waals surface area (Å²) in [7, 11) is -3.66. The summed E-state index contributed by atoms with van der Waals surface area (Å²) in [6, 6.07) is 20.2. The molecule has 0 spiro atoms. The molecule has 168 valence electrons. The predicted molar refractivity (Wildman–Crippen MR) is 126 cm³/mol. The first kappa shape index (κ1) is 23.5. The normalized spacial score (nSPS) is 12.2. The van der Waals surface area contributed by atoms with E-state index in [1.165, 1.54) is 11.6 Å². The lowest BCUT2D eigenvalue weighted by Gasteiger charge is -2.23. The number of rotatable bonds is 8. The topological polar surface area (TPSA) is 66.5 Å². The molecule has 1 unspecified atom stereocenters. The van der Waals surface area contributed by atoms with Crippen molar-refractivity contribution in [2.75, 3.05) is 10.6 Å². The van der Waals surface area contributed by atoms with Gasteiger partial charge in [-0.2, -0.15) is 0 Å². The third-order valence-electron chi connectivity index (χ3n) is 5.33. The van der Waals surface area contributed by atoms with Crippen molar-refractivity contribution in [3.63, 3.8) is 0 Å². The summed E-state index contributed by atoms with van der Waals surface area (Å²) >= 11 is 0. The van der Waals surface area contributed by atoms with Crippen LogP contribution in [-0.4, -0.2) is 20.6 Å². The molecule has 0 saturated heterocycles. The predicted octanol–water partition coefficient (Wildman–Crippen LogP) is 4.85. The Balaban J connectivity index is 1.75. The summed E-state index contributed by atoms with van der Waals surface area (Å²) in [5.74, 6) is -0.735. The van der Waals surface area contributed by atoms with Crippen molar-refractivity contribution in [3.05, 3.63) is 101 Å². The van der Waals surface area contributed by atoms with Gasteiger partial charge in [-0.05, 0) is 54.8 Å². The number of aryl methyl sites for hydroxylation is 1. The maximum absolute atomic E-state index is 14.1. The van der Waals surface area contributed by atoms with Crippen LogP contribution in [0.4, 0.5) is 10.1 Å². The smallest absolute Gasteiger partial charge is 0.251 e. The van der Waals surface area contributed by atoms with Gasteiger partial charge in [0.15, 0.2) is 0 Å². The number of amides is 1. The average Bonchev–Trinajstić information content (AvgIpc) is 2.78. The Labute approximate surface area is 188 Å². The number of carbonyl (C=O) groups is 1. The van der Waals surface area contributed by atoms with Gasteiger partial charge in [0.05, 0.1) is 24.5 Å². The van der Waals surface area contributed by atoms with Crippen LogP contribution in [0, 0.1) is 5.82 Å². The fraction of sp³-hybridized carbons (Fsp3) is 0.240. The zero-order chi connectivity index (χ0) is 23.3. The van der Waals surface area contributed by atoms with Crippen LogP contribution in [0.25, 0.3) is 0 Å². The highest BCUT2D eigenvalue weighted by Crippen LogP contribution is 2.23. The molecule has 1 atom stereocenters. The van der Waals surface area contributed by atoms with Gasteiger partial charge < -0.3 is 5.32 Å². The summed E-state index contributed by atoms with van der Waals surface area (Å²) in [5.41, 5.74) is 3.26. The zero-order valence-corrected chi connectivity index (χ0v) is 19.2. The number of benzene rings is 3. The first-order valence-corrected chi connectivity index (χ1v) is 12.2. The molecule has 32 heavy (non-hydrogen) atoms. The summed E-state index contributed by atoms with van der Waals surface area (Å²) in [4.78, 5) is 12.7. The summed E-state index contributed by atoms with van der Waals surface area (Å²) in [6.45, 7) is 3.86. The quantitative estimate of drug-likeness (QED) is 0.529. The molecule has 0 radical (unpaired) electrons. The monoisotopic (exact) mass is 454 g/mol. The van der Waals surface area contributed by atoms with Crippen LogP contribution in [0.5, 0.6) is 0 Å². The van der Waals surface area contributed by atoms with Crippen molar-refractivity contribution in [1.82, 2.24) is 5.32 Å². The molecular weight excluding hydrogens is 427 g/mol. The molecule has 0 aliphatic rings. The van der Waals surface area contributed by atoms with E-state index in [-0.39, 0.29) is 24.1 Å². The van der Waals surface area contributed by atoms with Gasteiger partial charge in [0.25, 0.3) is 5.91 Å². The lowest BCUT2D eigenvalue weighted by molar-refractivity contribution is 0.0940. The molecule has 3 aromatic rings. The highest BCUT2D eigenvalue weighted by molar-refractivity contribution is 7.92. The van der Waals surface area contributed by atoms with E-state index in [0.29, 0.717) is 11.3 Å². The zero-order valence-electron chi connectivity index (χ0n) is 18.4. The van der Waals surface area contributed by atoms with Crippen molar-refractivity contribution in [2.24, 2.45) is 0 Å². The van der Waals surface area contributed by atoms with E-state index in [0.717, 1.165) is 22.5 Å². The van der Waals surface area contributed by atoms with Gasteiger partial charge in [-0.3, -0.25) is 9.10 Å². The lowest BCUT2D eigenvalue weighted by atomic mass is 10.0. The van der Waals surface area contributed by atoms with E-state index < -0.39 is 15.8 Å². The Morgan fingerprint density at radius 3 is 2.19 bits per heavy atom. The van der Waals surface area contributed by atoms with Crippen LogP contribution < -0.4 is 9.62 Å². The van der Waals surface area contributed by atoms with E-state index in [1.807, 2.05) is 31.2 Å². The number of halogens is 1. The van der Waals surface area contributed by atoms with Crippen molar-refractivity contribution >= 4 is 21.6 Å². The largest absolute Gasteiger partial charge is 0.346 e. The van der Waals surface area contributed by atoms with Crippen LogP contribution in [0.3, 0.4) is 0 Å². The first-order chi connectivity index (χ1) is 15.2. The Morgan fingerprint density at radius 1 is 1.00 bits per heavy atom. The standard InChI is InChI=1S/C25H27FN2O3S/c1-4-19-9-11-20(12-10-19)18(2)27-25(29)21-13-15-23(16-14-21)28(32(3,30)31)17-22-7-5-6-8-24(22)26/h5-16,18H,4,17H2,1-3H3,(H,27,29). The molecule has 0 aliphatic heterocycles. The highest BCUT2D eigenvalue weighted by atomic mass is 32.2. The molecular formula is C25H27FN2O3S. The van der Waals surface area contributed by atoms with Crippen molar-refractivity contribution in [2.45, 2.75) is 32.9 Å². The highest BCUT2D eigenvalue weighted by Gasteiger charge is 2.20. The minimum atomic E-state index is -3.66. The molecule has 5 nitrogen and oxygen atoms in total. The Bertz CT molecular complexity index is 1180. The molecule has 0 aromatic heterocycles. The minimum Gasteiger partial charge on any atom is -0.346 e.